The summed E-state index contributed by atoms with van der Waals surface area (Å²) >= 11 is 0. The Morgan fingerprint density at radius 2 is 2.11 bits per heavy atom. The third-order valence-electron chi connectivity index (χ3n) is 2.61. The molecule has 0 aliphatic rings. The highest BCUT2D eigenvalue weighted by molar-refractivity contribution is 6.05. The Labute approximate surface area is 107 Å². The molecular weight excluding hydrogens is 252 g/mol. The minimum Gasteiger partial charge on any atom is -0.389 e. The van der Waals surface area contributed by atoms with E-state index < -0.39 is 12.0 Å². The zero-order valence-electron chi connectivity index (χ0n) is 9.76. The van der Waals surface area contributed by atoms with Gasteiger partial charge in [0.25, 0.3) is 0 Å². The van der Waals surface area contributed by atoms with Gasteiger partial charge in [-0.2, -0.15) is 10.0 Å². The second-order valence-electron chi connectivity index (χ2n) is 3.91. The van der Waals surface area contributed by atoms with Crippen LogP contribution in [0.15, 0.2) is 34.6 Å². The summed E-state index contributed by atoms with van der Waals surface area (Å²) in [5, 5.41) is 18.9. The van der Waals surface area contributed by atoms with Crippen molar-refractivity contribution in [3.63, 3.8) is 0 Å². The van der Waals surface area contributed by atoms with Gasteiger partial charge in [-0.15, -0.1) is 4.91 Å². The molecule has 1 aromatic carbocycles. The molecule has 0 aliphatic heterocycles. The second kappa shape index (κ2) is 5.44. The van der Waals surface area contributed by atoms with Gasteiger partial charge in [-0.1, -0.05) is 23.4 Å². The Bertz CT molecular complexity index is 637. The molecule has 1 heterocycles. The van der Waals surface area contributed by atoms with Gasteiger partial charge in [0.15, 0.2) is 5.69 Å². The van der Waals surface area contributed by atoms with Crippen LogP contribution in [0.2, 0.25) is 0 Å². The Morgan fingerprint density at radius 3 is 2.79 bits per heavy atom. The monoisotopic (exact) mass is 262 g/mol. The Morgan fingerprint density at radius 1 is 1.37 bits per heavy atom. The first-order chi connectivity index (χ1) is 9.17. The van der Waals surface area contributed by atoms with E-state index in [1.807, 2.05) is 0 Å². The first-order valence-corrected chi connectivity index (χ1v) is 5.47. The van der Waals surface area contributed by atoms with Crippen molar-refractivity contribution in [3.8, 4) is 0 Å². The SMILES string of the molecule is O=NCC(O)Cn1nc(C(=O)N=O)c2ccccc21. The molecule has 1 N–H and O–H groups in total. The molecule has 8 heteroatoms. The molecule has 0 bridgehead atoms. The Balaban J connectivity index is 2.47. The molecule has 1 unspecified atom stereocenters. The van der Waals surface area contributed by atoms with Gasteiger partial charge in [-0.05, 0) is 6.07 Å². The summed E-state index contributed by atoms with van der Waals surface area (Å²) in [5.41, 5.74) is 0.497. The fraction of sp³-hybridized carbons (Fsp3) is 0.273. The zero-order chi connectivity index (χ0) is 13.8. The van der Waals surface area contributed by atoms with E-state index in [2.05, 4.69) is 15.5 Å². The number of carbonyl (C=O) groups excluding carboxylic acids is 1. The van der Waals surface area contributed by atoms with E-state index in [-0.39, 0.29) is 18.8 Å². The van der Waals surface area contributed by atoms with E-state index >= 15 is 0 Å². The molecule has 0 radical (unpaired) electrons. The van der Waals surface area contributed by atoms with Crippen LogP contribution in [0, 0.1) is 9.81 Å². The third-order valence-corrected chi connectivity index (χ3v) is 2.61. The minimum absolute atomic E-state index is 0.00160. The van der Waals surface area contributed by atoms with Crippen molar-refractivity contribution < 1.29 is 9.90 Å². The summed E-state index contributed by atoms with van der Waals surface area (Å²) in [4.78, 5) is 31.8. The number of nitrogens with zero attached hydrogens (tertiary/aromatic N) is 4. The Hall–Kier alpha value is -2.48. The molecule has 19 heavy (non-hydrogen) atoms. The van der Waals surface area contributed by atoms with Gasteiger partial charge in [-0.25, -0.2) is 0 Å². The maximum atomic E-state index is 11.4. The largest absolute Gasteiger partial charge is 0.389 e. The lowest BCUT2D eigenvalue weighted by Gasteiger charge is -2.07. The van der Waals surface area contributed by atoms with E-state index in [1.165, 1.54) is 4.68 Å². The highest BCUT2D eigenvalue weighted by Crippen LogP contribution is 2.19. The van der Waals surface area contributed by atoms with Crippen molar-refractivity contribution in [2.75, 3.05) is 6.54 Å². The van der Waals surface area contributed by atoms with Crippen LogP contribution in [-0.4, -0.2) is 33.4 Å². The van der Waals surface area contributed by atoms with Gasteiger partial charge in [0.2, 0.25) is 0 Å². The quantitative estimate of drug-likeness (QED) is 0.809. The van der Waals surface area contributed by atoms with Crippen LogP contribution in [0.3, 0.4) is 0 Å². The normalized spacial score (nSPS) is 12.3. The maximum absolute atomic E-state index is 11.4. The number of aliphatic hydroxyl groups is 1. The van der Waals surface area contributed by atoms with E-state index in [0.29, 0.717) is 10.9 Å². The number of hydrogen-bond acceptors (Lipinski definition) is 6. The number of amides is 1. The summed E-state index contributed by atoms with van der Waals surface area (Å²) in [5.74, 6) is -0.974. The number of nitroso groups, excluding NO2 is 2. The summed E-state index contributed by atoms with van der Waals surface area (Å²) in [7, 11) is 0. The predicted octanol–water partition coefficient (Wildman–Crippen LogP) is 1.07. The van der Waals surface area contributed by atoms with Crippen LogP contribution in [-0.2, 0) is 6.54 Å². The van der Waals surface area contributed by atoms with Crippen molar-refractivity contribution in [2.24, 2.45) is 10.4 Å². The number of aromatic nitrogens is 2. The number of aliphatic hydroxyl groups excluding tert-OH is 1. The van der Waals surface area contributed by atoms with Gasteiger partial charge in [0, 0.05) is 10.6 Å². The molecular formula is C11H10N4O4. The highest BCUT2D eigenvalue weighted by atomic mass is 16.3. The van der Waals surface area contributed by atoms with Crippen molar-refractivity contribution >= 4 is 16.8 Å². The number of benzene rings is 1. The van der Waals surface area contributed by atoms with Crippen LogP contribution < -0.4 is 0 Å². The molecule has 0 spiro atoms. The predicted molar refractivity (Wildman–Crippen MR) is 66.5 cm³/mol. The number of hydrogen-bond donors (Lipinski definition) is 1. The van der Waals surface area contributed by atoms with Crippen LogP contribution in [0.25, 0.3) is 10.9 Å². The van der Waals surface area contributed by atoms with E-state index in [9.17, 15) is 19.7 Å². The lowest BCUT2D eigenvalue weighted by atomic mass is 10.2. The van der Waals surface area contributed by atoms with Gasteiger partial charge in [-0.3, -0.25) is 9.48 Å². The number of carbonyl (C=O) groups is 1. The number of para-hydroxylation sites is 1. The van der Waals surface area contributed by atoms with Gasteiger partial charge >= 0.3 is 5.91 Å². The van der Waals surface area contributed by atoms with Crippen molar-refractivity contribution in [3.05, 3.63) is 39.8 Å². The second-order valence-corrected chi connectivity index (χ2v) is 3.91. The van der Waals surface area contributed by atoms with Gasteiger partial charge in [0.05, 0.1) is 18.2 Å². The first-order valence-electron chi connectivity index (χ1n) is 5.47. The third kappa shape index (κ3) is 2.52. The van der Waals surface area contributed by atoms with Crippen LogP contribution >= 0.6 is 0 Å². The number of rotatable bonds is 5. The molecule has 2 rings (SSSR count). The van der Waals surface area contributed by atoms with Crippen molar-refractivity contribution in [2.45, 2.75) is 12.6 Å². The van der Waals surface area contributed by atoms with Crippen LogP contribution in [0.5, 0.6) is 0 Å². The van der Waals surface area contributed by atoms with E-state index in [0.717, 1.165) is 0 Å². The lowest BCUT2D eigenvalue weighted by Crippen LogP contribution is -2.19. The molecule has 0 fully saturated rings. The summed E-state index contributed by atoms with van der Waals surface area (Å²) in [6.07, 6.45) is -1.01. The molecule has 98 valence electrons. The summed E-state index contributed by atoms with van der Waals surface area (Å²) < 4.78 is 1.35. The maximum Gasteiger partial charge on any atom is 0.337 e. The molecule has 0 aliphatic carbocycles. The van der Waals surface area contributed by atoms with E-state index in [1.54, 1.807) is 24.3 Å². The minimum atomic E-state index is -1.01. The first kappa shape index (κ1) is 13.0. The molecule has 1 atom stereocenters. The smallest absolute Gasteiger partial charge is 0.337 e. The summed E-state index contributed by atoms with van der Waals surface area (Å²) in [6.45, 7) is -0.276. The fourth-order valence-corrected chi connectivity index (χ4v) is 1.81. The molecule has 0 saturated carbocycles. The fourth-order valence-electron chi connectivity index (χ4n) is 1.81. The van der Waals surface area contributed by atoms with Crippen molar-refractivity contribution in [1.82, 2.24) is 9.78 Å². The van der Waals surface area contributed by atoms with Gasteiger partial charge in [0.1, 0.15) is 6.54 Å². The van der Waals surface area contributed by atoms with Gasteiger partial charge < -0.3 is 5.11 Å². The molecule has 0 saturated heterocycles. The topological polar surface area (TPSA) is 114 Å². The zero-order valence-corrected chi connectivity index (χ0v) is 9.76. The van der Waals surface area contributed by atoms with Crippen LogP contribution in [0.4, 0.5) is 0 Å². The molecule has 2 aromatic rings. The standard InChI is InChI=1S/C11H10N4O4/c16-7(5-12-18)6-15-9-4-2-1-3-8(9)10(13-15)11(17)14-19/h1-4,7,16H,5-6H2. The van der Waals surface area contributed by atoms with E-state index in [4.69, 9.17) is 0 Å². The molecule has 1 aromatic heterocycles. The average Bonchev–Trinajstić information content (AvgIpc) is 2.77. The highest BCUT2D eigenvalue weighted by Gasteiger charge is 2.18. The van der Waals surface area contributed by atoms with Crippen LogP contribution in [0.1, 0.15) is 10.5 Å². The lowest BCUT2D eigenvalue weighted by molar-refractivity contribution is 0.0995. The number of fused-ring (bicyclic) bond motifs is 1. The molecule has 8 nitrogen and oxygen atoms in total. The summed E-state index contributed by atoms with van der Waals surface area (Å²) in [6, 6.07) is 6.74. The average molecular weight is 262 g/mol. The van der Waals surface area contributed by atoms with Crippen molar-refractivity contribution in [1.29, 1.82) is 0 Å². The Kier molecular flexibility index (Phi) is 3.71. The molecule has 1 amide bonds.